The maximum Gasteiger partial charge on any atom is 0.331 e. The van der Waals surface area contributed by atoms with Crippen LogP contribution < -0.4 is 0 Å². The number of ether oxygens (including phenoxy) is 1. The molecule has 0 aromatic rings. The summed E-state index contributed by atoms with van der Waals surface area (Å²) in [6, 6.07) is 0. The molecule has 0 aromatic heterocycles. The molecular weight excluding hydrogens is 372 g/mol. The van der Waals surface area contributed by atoms with Crippen LogP contribution in [0.15, 0.2) is 11.6 Å². The fourth-order valence-corrected chi connectivity index (χ4v) is 8.34. The van der Waals surface area contributed by atoms with Gasteiger partial charge in [0.2, 0.25) is 0 Å². The molecule has 6 nitrogen and oxygen atoms in total. The van der Waals surface area contributed by atoms with Crippen molar-refractivity contribution in [3.8, 4) is 0 Å². The molecule has 162 valence electrons. The molecule has 1 heterocycles. The van der Waals surface area contributed by atoms with Gasteiger partial charge in [-0.25, -0.2) is 4.79 Å². The number of hydrogen-bond donors (Lipinski definition) is 4. The van der Waals surface area contributed by atoms with Gasteiger partial charge in [-0.1, -0.05) is 13.8 Å². The van der Waals surface area contributed by atoms with E-state index in [1.165, 1.54) is 6.08 Å². The zero-order valence-electron chi connectivity index (χ0n) is 17.5. The monoisotopic (exact) mass is 406 g/mol. The second-order valence-electron chi connectivity index (χ2n) is 11.0. The third-order valence-electron chi connectivity index (χ3n) is 10.3. The van der Waals surface area contributed by atoms with Gasteiger partial charge in [0.1, 0.15) is 6.61 Å². The lowest BCUT2D eigenvalue weighted by Gasteiger charge is -2.66. The first-order chi connectivity index (χ1) is 13.5. The van der Waals surface area contributed by atoms with Crippen LogP contribution in [0.3, 0.4) is 0 Å². The van der Waals surface area contributed by atoms with Crippen molar-refractivity contribution in [3.63, 3.8) is 0 Å². The number of hydrogen-bond acceptors (Lipinski definition) is 6. The van der Waals surface area contributed by atoms with E-state index < -0.39 is 34.3 Å². The number of fused-ring (bicyclic) bond motifs is 5. The van der Waals surface area contributed by atoms with E-state index in [1.807, 2.05) is 6.92 Å². The first-order valence-electron chi connectivity index (χ1n) is 11.2. The second-order valence-corrected chi connectivity index (χ2v) is 11.0. The molecule has 8 atom stereocenters. The number of carbonyl (C=O) groups excluding carboxylic acids is 1. The summed E-state index contributed by atoms with van der Waals surface area (Å²) in [6.45, 7) is 4.23. The molecule has 8 unspecified atom stereocenters. The van der Waals surface area contributed by atoms with Crippen LogP contribution in [0.5, 0.6) is 0 Å². The van der Waals surface area contributed by atoms with Gasteiger partial charge in [-0.05, 0) is 68.6 Å². The van der Waals surface area contributed by atoms with Gasteiger partial charge in [-0.3, -0.25) is 0 Å². The Hall–Kier alpha value is -0.950. The smallest absolute Gasteiger partial charge is 0.331 e. The Balaban J connectivity index is 1.53. The minimum absolute atomic E-state index is 0.00517. The SMILES string of the molecule is CC12CCC(O)CC1(O)CCC1C2CCC2(C)C(O)(C3=CC(=O)OC3)CCC12O. The van der Waals surface area contributed by atoms with E-state index in [9.17, 15) is 25.2 Å². The van der Waals surface area contributed by atoms with Gasteiger partial charge in [0.15, 0.2) is 0 Å². The van der Waals surface area contributed by atoms with Crippen molar-refractivity contribution in [3.05, 3.63) is 11.6 Å². The molecule has 0 bridgehead atoms. The maximum absolute atomic E-state index is 12.1. The average Bonchev–Trinajstić information content (AvgIpc) is 3.18. The van der Waals surface area contributed by atoms with Crippen LogP contribution in [-0.2, 0) is 9.53 Å². The number of aliphatic hydroxyl groups excluding tert-OH is 1. The number of rotatable bonds is 1. The summed E-state index contributed by atoms with van der Waals surface area (Å²) >= 11 is 0. The van der Waals surface area contributed by atoms with Gasteiger partial charge in [-0.15, -0.1) is 0 Å². The highest BCUT2D eigenvalue weighted by Gasteiger charge is 2.74. The number of aliphatic hydroxyl groups is 4. The lowest BCUT2D eigenvalue weighted by atomic mass is 9.41. The third-order valence-corrected chi connectivity index (χ3v) is 10.3. The molecule has 29 heavy (non-hydrogen) atoms. The van der Waals surface area contributed by atoms with E-state index in [2.05, 4.69) is 6.92 Å². The van der Waals surface area contributed by atoms with E-state index in [-0.39, 0.29) is 23.9 Å². The maximum atomic E-state index is 12.1. The summed E-state index contributed by atoms with van der Waals surface area (Å²) in [5.74, 6) is -0.267. The highest BCUT2D eigenvalue weighted by molar-refractivity contribution is 5.86. The van der Waals surface area contributed by atoms with Crippen molar-refractivity contribution >= 4 is 5.97 Å². The predicted octanol–water partition coefficient (Wildman–Crippen LogP) is 1.83. The van der Waals surface area contributed by atoms with Crippen molar-refractivity contribution in [2.45, 2.75) is 94.5 Å². The van der Waals surface area contributed by atoms with Gasteiger partial charge in [-0.2, -0.15) is 0 Å². The molecule has 0 spiro atoms. The quantitative estimate of drug-likeness (QED) is 0.495. The molecule has 4 N–H and O–H groups in total. The lowest BCUT2D eigenvalue weighted by Crippen LogP contribution is -2.69. The highest BCUT2D eigenvalue weighted by atomic mass is 16.5. The van der Waals surface area contributed by atoms with Gasteiger partial charge in [0, 0.05) is 23.5 Å². The Bertz CT molecular complexity index is 779. The minimum Gasteiger partial charge on any atom is -0.458 e. The molecule has 0 radical (unpaired) electrons. The Morgan fingerprint density at radius 1 is 0.966 bits per heavy atom. The van der Waals surface area contributed by atoms with Crippen LogP contribution in [-0.4, -0.2) is 55.9 Å². The zero-order valence-corrected chi connectivity index (χ0v) is 17.5. The van der Waals surface area contributed by atoms with E-state index in [1.54, 1.807) is 0 Å². The molecule has 4 aliphatic carbocycles. The Morgan fingerprint density at radius 2 is 1.69 bits per heavy atom. The van der Waals surface area contributed by atoms with Crippen LogP contribution in [0.1, 0.15) is 71.6 Å². The predicted molar refractivity (Wildman–Crippen MR) is 105 cm³/mol. The van der Waals surface area contributed by atoms with Gasteiger partial charge < -0.3 is 25.2 Å². The standard InChI is InChI=1S/C23H34O6/c1-19-6-3-15(24)12-21(19,26)8-5-17-16(19)4-7-20(2)22(27,9-10-23(17,20)28)14-11-18(25)29-13-14/h11,15-17,24,26-28H,3-10,12-13H2,1-2H3. The van der Waals surface area contributed by atoms with Crippen molar-refractivity contribution in [1.82, 2.24) is 0 Å². The highest BCUT2D eigenvalue weighted by Crippen LogP contribution is 2.71. The zero-order chi connectivity index (χ0) is 20.9. The molecule has 4 fully saturated rings. The lowest BCUT2D eigenvalue weighted by molar-refractivity contribution is -0.265. The summed E-state index contributed by atoms with van der Waals surface area (Å²) in [6.07, 6.45) is 6.46. The normalized spacial score (nSPS) is 56.8. The Kier molecular flexibility index (Phi) is 4.03. The molecule has 0 amide bonds. The second kappa shape index (κ2) is 5.84. The largest absolute Gasteiger partial charge is 0.458 e. The van der Waals surface area contributed by atoms with E-state index in [4.69, 9.17) is 4.74 Å². The van der Waals surface area contributed by atoms with Crippen LogP contribution in [0.2, 0.25) is 0 Å². The van der Waals surface area contributed by atoms with Crippen molar-refractivity contribution in [2.75, 3.05) is 6.61 Å². The van der Waals surface area contributed by atoms with E-state index in [0.29, 0.717) is 50.5 Å². The van der Waals surface area contributed by atoms with Crippen LogP contribution in [0.4, 0.5) is 0 Å². The molecule has 6 heteroatoms. The van der Waals surface area contributed by atoms with Crippen LogP contribution in [0, 0.1) is 22.7 Å². The summed E-state index contributed by atoms with van der Waals surface area (Å²) in [5.41, 5.74) is -3.66. The fourth-order valence-electron chi connectivity index (χ4n) is 8.34. The Labute approximate surface area is 172 Å². The fraction of sp³-hybridized carbons (Fsp3) is 0.870. The molecule has 0 aromatic carbocycles. The number of esters is 1. The van der Waals surface area contributed by atoms with Gasteiger partial charge in [0.05, 0.1) is 22.9 Å². The molecule has 1 aliphatic heterocycles. The van der Waals surface area contributed by atoms with Crippen molar-refractivity contribution < 1.29 is 30.0 Å². The van der Waals surface area contributed by atoms with Gasteiger partial charge in [0.25, 0.3) is 0 Å². The summed E-state index contributed by atoms with van der Waals surface area (Å²) < 4.78 is 5.09. The molecule has 4 saturated carbocycles. The van der Waals surface area contributed by atoms with Crippen LogP contribution >= 0.6 is 0 Å². The molecular formula is C23H34O6. The van der Waals surface area contributed by atoms with Gasteiger partial charge >= 0.3 is 5.97 Å². The van der Waals surface area contributed by atoms with Crippen molar-refractivity contribution in [1.29, 1.82) is 0 Å². The molecule has 5 rings (SSSR count). The Morgan fingerprint density at radius 3 is 2.38 bits per heavy atom. The van der Waals surface area contributed by atoms with Crippen LogP contribution in [0.25, 0.3) is 0 Å². The van der Waals surface area contributed by atoms with E-state index in [0.717, 1.165) is 12.8 Å². The van der Waals surface area contributed by atoms with E-state index >= 15 is 0 Å². The first-order valence-corrected chi connectivity index (χ1v) is 11.2. The van der Waals surface area contributed by atoms with Crippen molar-refractivity contribution in [2.24, 2.45) is 22.7 Å². The summed E-state index contributed by atoms with van der Waals surface area (Å²) in [7, 11) is 0. The third kappa shape index (κ3) is 2.24. The number of carbonyl (C=O) groups is 1. The summed E-state index contributed by atoms with van der Waals surface area (Å²) in [4.78, 5) is 11.7. The number of cyclic esters (lactones) is 1. The molecule has 5 aliphatic rings. The first kappa shape index (κ1) is 20.0. The molecule has 0 saturated heterocycles. The summed E-state index contributed by atoms with van der Waals surface area (Å²) in [5, 5.41) is 45.6. The minimum atomic E-state index is -1.24. The average molecular weight is 407 g/mol. The topological polar surface area (TPSA) is 107 Å².